The molecule has 8 nitrogen and oxygen atoms in total. The minimum absolute atomic E-state index is 0.0899. The summed E-state index contributed by atoms with van der Waals surface area (Å²) in [7, 11) is 0. The van der Waals surface area contributed by atoms with E-state index < -0.39 is 17.5 Å². The Balaban J connectivity index is 1.23. The number of nitrogen functional groups attached to an aromatic ring is 1. The summed E-state index contributed by atoms with van der Waals surface area (Å²) in [6.07, 6.45) is 6.40. The summed E-state index contributed by atoms with van der Waals surface area (Å²) in [6, 6.07) is 4.68. The number of nitrogens with zero attached hydrogens (tertiary/aromatic N) is 4. The highest BCUT2D eigenvalue weighted by atomic mass is 35.5. The zero-order valence-corrected chi connectivity index (χ0v) is 23.2. The first kappa shape index (κ1) is 26.6. The van der Waals surface area contributed by atoms with Crippen molar-refractivity contribution in [1.82, 2.24) is 19.7 Å². The van der Waals surface area contributed by atoms with Gasteiger partial charge in [0.15, 0.2) is 11.6 Å². The van der Waals surface area contributed by atoms with Crippen LogP contribution in [0.3, 0.4) is 0 Å². The predicted octanol–water partition coefficient (Wildman–Crippen LogP) is 6.69. The molecule has 2 fully saturated rings. The number of pyridine rings is 1. The molecule has 0 bridgehead atoms. The van der Waals surface area contributed by atoms with Gasteiger partial charge in [0.2, 0.25) is 0 Å². The zero-order chi connectivity index (χ0) is 27.4. The third kappa shape index (κ3) is 5.14. The van der Waals surface area contributed by atoms with Gasteiger partial charge in [0.05, 0.1) is 17.3 Å². The number of carbonyl (C=O) groups is 1. The Labute approximate surface area is 230 Å². The Hall–Kier alpha value is -3.04. The van der Waals surface area contributed by atoms with Gasteiger partial charge in [-0.05, 0) is 58.7 Å². The smallest absolute Gasteiger partial charge is 0.410 e. The van der Waals surface area contributed by atoms with Gasteiger partial charge in [-0.1, -0.05) is 23.2 Å². The number of aromatic nitrogens is 3. The third-order valence-corrected chi connectivity index (χ3v) is 7.74. The molecule has 202 valence electrons. The molecule has 11 heteroatoms. The van der Waals surface area contributed by atoms with Crippen LogP contribution >= 0.6 is 23.2 Å². The van der Waals surface area contributed by atoms with Crippen LogP contribution in [0, 0.1) is 11.2 Å². The van der Waals surface area contributed by atoms with E-state index in [0.29, 0.717) is 29.4 Å². The Morgan fingerprint density at radius 2 is 1.92 bits per heavy atom. The fraction of sp³-hybridized carbons (Fsp3) is 0.444. The fourth-order valence-corrected chi connectivity index (χ4v) is 5.84. The molecule has 1 saturated heterocycles. The maximum absolute atomic E-state index is 14.0. The maximum Gasteiger partial charge on any atom is 0.410 e. The van der Waals surface area contributed by atoms with E-state index in [1.807, 2.05) is 31.6 Å². The average Bonchev–Trinajstić information content (AvgIpc) is 3.25. The van der Waals surface area contributed by atoms with Gasteiger partial charge in [-0.3, -0.25) is 4.68 Å². The van der Waals surface area contributed by atoms with Crippen molar-refractivity contribution in [3.8, 4) is 16.9 Å². The molecular formula is C27H30Cl2FN5O3. The molecule has 1 spiro atoms. The van der Waals surface area contributed by atoms with Crippen LogP contribution in [0.5, 0.6) is 5.75 Å². The van der Waals surface area contributed by atoms with Gasteiger partial charge in [0.25, 0.3) is 0 Å². The van der Waals surface area contributed by atoms with Crippen molar-refractivity contribution in [3.05, 3.63) is 58.2 Å². The SMILES string of the molecule is CC(Oc1cc(-c2cnn(C3CC4(C3)CN(C(=O)OC(C)(C)C)C4)c2)cnc1N)c1c(Cl)ccc(F)c1Cl. The second-order valence-electron chi connectivity index (χ2n) is 11.2. The van der Waals surface area contributed by atoms with E-state index >= 15 is 0 Å². The second kappa shape index (κ2) is 9.61. The van der Waals surface area contributed by atoms with Gasteiger partial charge in [0, 0.05) is 52.6 Å². The number of halogens is 3. The lowest BCUT2D eigenvalue weighted by molar-refractivity contribution is -0.0927. The third-order valence-electron chi connectivity index (χ3n) is 7.02. The van der Waals surface area contributed by atoms with Crippen LogP contribution < -0.4 is 10.5 Å². The summed E-state index contributed by atoms with van der Waals surface area (Å²) in [4.78, 5) is 18.3. The lowest BCUT2D eigenvalue weighted by Crippen LogP contribution is -2.64. The number of anilines is 1. The number of carbonyl (C=O) groups excluding carboxylic acids is 1. The first-order chi connectivity index (χ1) is 17.8. The van der Waals surface area contributed by atoms with Gasteiger partial charge < -0.3 is 20.1 Å². The Morgan fingerprint density at radius 3 is 2.61 bits per heavy atom. The van der Waals surface area contributed by atoms with Crippen LogP contribution in [-0.4, -0.2) is 44.4 Å². The van der Waals surface area contributed by atoms with E-state index in [2.05, 4.69) is 10.1 Å². The topological polar surface area (TPSA) is 95.5 Å². The Kier molecular flexibility index (Phi) is 6.72. The van der Waals surface area contributed by atoms with Crippen LogP contribution in [0.15, 0.2) is 36.8 Å². The van der Waals surface area contributed by atoms with Crippen molar-refractivity contribution in [2.75, 3.05) is 18.8 Å². The van der Waals surface area contributed by atoms with Crippen molar-refractivity contribution < 1.29 is 18.7 Å². The highest BCUT2D eigenvalue weighted by Gasteiger charge is 2.55. The Morgan fingerprint density at radius 1 is 1.21 bits per heavy atom. The van der Waals surface area contributed by atoms with Crippen LogP contribution in [0.1, 0.15) is 58.2 Å². The molecule has 0 radical (unpaired) electrons. The van der Waals surface area contributed by atoms with Gasteiger partial charge >= 0.3 is 6.09 Å². The number of hydrogen-bond acceptors (Lipinski definition) is 6. The minimum atomic E-state index is -0.665. The van der Waals surface area contributed by atoms with Crippen molar-refractivity contribution in [1.29, 1.82) is 0 Å². The number of hydrogen-bond donors (Lipinski definition) is 1. The average molecular weight is 562 g/mol. The van der Waals surface area contributed by atoms with Gasteiger partial charge in [-0.2, -0.15) is 5.10 Å². The van der Waals surface area contributed by atoms with Crippen molar-refractivity contribution in [2.45, 2.75) is 58.3 Å². The second-order valence-corrected chi connectivity index (χ2v) is 12.0. The summed E-state index contributed by atoms with van der Waals surface area (Å²) < 4.78 is 27.4. The standard InChI is InChI=1S/C27H30Cl2FN5O3/c1-15(22-19(28)5-6-20(30)23(22)29)37-21-7-16(10-32-24(21)31)17-11-33-35(12-17)18-8-27(9-18)13-34(14-27)25(36)38-26(2,3)4/h5-7,10-12,15,18H,8-9,13-14H2,1-4H3,(H2,31,32). The van der Waals surface area contributed by atoms with E-state index in [4.69, 9.17) is 38.4 Å². The molecule has 3 aromatic rings. The summed E-state index contributed by atoms with van der Waals surface area (Å²) in [5, 5.41) is 4.78. The Bertz CT molecular complexity index is 1380. The van der Waals surface area contributed by atoms with Gasteiger partial charge in [-0.25, -0.2) is 14.2 Å². The van der Waals surface area contributed by atoms with E-state index in [1.165, 1.54) is 12.1 Å². The fourth-order valence-electron chi connectivity index (χ4n) is 5.16. The van der Waals surface area contributed by atoms with Crippen LogP contribution in [0.4, 0.5) is 15.0 Å². The molecule has 2 aliphatic rings. The molecule has 1 aliphatic carbocycles. The molecule has 38 heavy (non-hydrogen) atoms. The molecule has 2 aromatic heterocycles. The van der Waals surface area contributed by atoms with E-state index in [1.54, 1.807) is 30.3 Å². The normalized spacial score (nSPS) is 17.6. The van der Waals surface area contributed by atoms with Crippen molar-refractivity contribution in [3.63, 3.8) is 0 Å². The molecule has 1 aliphatic heterocycles. The number of benzene rings is 1. The van der Waals surface area contributed by atoms with Crippen LogP contribution in [0.2, 0.25) is 10.0 Å². The summed E-state index contributed by atoms with van der Waals surface area (Å²) >= 11 is 12.4. The highest BCUT2D eigenvalue weighted by molar-refractivity contribution is 6.36. The van der Waals surface area contributed by atoms with Crippen molar-refractivity contribution >= 4 is 35.1 Å². The molecule has 1 aromatic carbocycles. The molecular weight excluding hydrogens is 532 g/mol. The minimum Gasteiger partial charge on any atom is -0.482 e. The number of amides is 1. The number of rotatable bonds is 5. The number of nitrogens with two attached hydrogens (primary N) is 1. The lowest BCUT2D eigenvalue weighted by atomic mass is 9.61. The molecule has 1 amide bonds. The quantitative estimate of drug-likeness (QED) is 0.349. The molecule has 3 heterocycles. The monoisotopic (exact) mass is 561 g/mol. The van der Waals surface area contributed by atoms with Gasteiger partial charge in [-0.15, -0.1) is 0 Å². The molecule has 1 unspecified atom stereocenters. The van der Waals surface area contributed by atoms with E-state index in [9.17, 15) is 9.18 Å². The van der Waals surface area contributed by atoms with Gasteiger partial charge in [0.1, 0.15) is 17.5 Å². The summed E-state index contributed by atoms with van der Waals surface area (Å²) in [5.41, 5.74) is 7.70. The summed E-state index contributed by atoms with van der Waals surface area (Å²) in [5.74, 6) is -0.0541. The first-order valence-electron chi connectivity index (χ1n) is 12.4. The maximum atomic E-state index is 14.0. The molecule has 2 N–H and O–H groups in total. The largest absolute Gasteiger partial charge is 0.482 e. The summed E-state index contributed by atoms with van der Waals surface area (Å²) in [6.45, 7) is 8.76. The van der Waals surface area contributed by atoms with Crippen LogP contribution in [0.25, 0.3) is 11.1 Å². The zero-order valence-electron chi connectivity index (χ0n) is 21.7. The first-order valence-corrected chi connectivity index (χ1v) is 13.2. The van der Waals surface area contributed by atoms with Crippen LogP contribution in [-0.2, 0) is 4.74 Å². The molecule has 1 atom stereocenters. The van der Waals surface area contributed by atoms with E-state index in [-0.39, 0.29) is 28.4 Å². The molecule has 1 saturated carbocycles. The predicted molar refractivity (Wildman–Crippen MR) is 144 cm³/mol. The van der Waals surface area contributed by atoms with E-state index in [0.717, 1.165) is 24.0 Å². The molecule has 5 rings (SSSR count). The number of ether oxygens (including phenoxy) is 2. The van der Waals surface area contributed by atoms with Crippen molar-refractivity contribution in [2.24, 2.45) is 5.41 Å². The number of likely N-dealkylation sites (tertiary alicyclic amines) is 1. The highest BCUT2D eigenvalue weighted by Crippen LogP contribution is 2.54. The lowest BCUT2D eigenvalue weighted by Gasteiger charge is -2.58.